The highest BCUT2D eigenvalue weighted by atomic mass is 35.5. The molecule has 0 heterocycles. The van der Waals surface area contributed by atoms with Crippen molar-refractivity contribution in [1.82, 2.24) is 0 Å². The summed E-state index contributed by atoms with van der Waals surface area (Å²) in [5.41, 5.74) is 9.54. The van der Waals surface area contributed by atoms with Gasteiger partial charge in [-0.1, -0.05) is 58.2 Å². The van der Waals surface area contributed by atoms with Crippen molar-refractivity contribution in [3.63, 3.8) is 0 Å². The van der Waals surface area contributed by atoms with E-state index in [1.54, 1.807) is 18.2 Å². The van der Waals surface area contributed by atoms with E-state index in [0.717, 1.165) is 88.6 Å². The molecule has 0 aliphatic carbocycles. The van der Waals surface area contributed by atoms with Gasteiger partial charge in [0.2, 0.25) is 0 Å². The van der Waals surface area contributed by atoms with E-state index in [4.69, 9.17) is 34.8 Å². The average Bonchev–Trinajstić information content (AvgIpc) is 2.97. The number of carbonyl (C=O) groups is 3. The lowest BCUT2D eigenvalue weighted by Gasteiger charge is -2.15. The van der Waals surface area contributed by atoms with Crippen molar-refractivity contribution in [3.05, 3.63) is 106 Å². The van der Waals surface area contributed by atoms with E-state index in [1.807, 2.05) is 36.4 Å². The molecule has 0 saturated heterocycles. The lowest BCUT2D eigenvalue weighted by atomic mass is 9.89. The summed E-state index contributed by atoms with van der Waals surface area (Å²) in [5, 5.41) is -1.54. The van der Waals surface area contributed by atoms with Crippen LogP contribution in [0.1, 0.15) is 87.8 Å². The Balaban J connectivity index is 2.03. The summed E-state index contributed by atoms with van der Waals surface area (Å²) < 4.78 is 0. The number of aryl methyl sites for hydroxylation is 3. The molecule has 216 valence electrons. The molecule has 0 aliphatic heterocycles. The average molecular weight is 620 g/mol. The van der Waals surface area contributed by atoms with E-state index in [-0.39, 0.29) is 0 Å². The maximum atomic E-state index is 12.2. The molecule has 0 aliphatic rings. The van der Waals surface area contributed by atoms with Gasteiger partial charge in [0.05, 0.1) is 0 Å². The van der Waals surface area contributed by atoms with E-state index in [2.05, 4.69) is 39.0 Å². The van der Waals surface area contributed by atoms with Crippen molar-refractivity contribution in [2.75, 3.05) is 0 Å². The van der Waals surface area contributed by atoms with E-state index < -0.39 is 15.7 Å². The fourth-order valence-electron chi connectivity index (χ4n) is 5.34. The number of halogens is 3. The molecule has 6 heteroatoms. The van der Waals surface area contributed by atoms with Crippen LogP contribution in [0.2, 0.25) is 0 Å². The Morgan fingerprint density at radius 3 is 0.857 bits per heavy atom. The van der Waals surface area contributed by atoms with Gasteiger partial charge in [0.1, 0.15) is 0 Å². The zero-order valence-electron chi connectivity index (χ0n) is 24.0. The van der Waals surface area contributed by atoms with Crippen molar-refractivity contribution in [2.45, 2.75) is 59.3 Å². The first-order valence-corrected chi connectivity index (χ1v) is 15.4. The summed E-state index contributed by atoms with van der Waals surface area (Å²) in [6.07, 6.45) is 5.17. The first-order chi connectivity index (χ1) is 20.1. The highest BCUT2D eigenvalue weighted by molar-refractivity contribution is 6.68. The molecule has 0 radical (unpaired) electrons. The van der Waals surface area contributed by atoms with Gasteiger partial charge in [0.15, 0.2) is 0 Å². The second-order valence-corrected chi connectivity index (χ2v) is 11.7. The SMILES string of the molecule is CCCc1cc(C(=O)Cl)cc(-c2cc(-c3cc(CCC)cc(C(=O)Cl)c3)cc(-c3cc(CCC)cc(C(=O)Cl)c3)c2)c1. The van der Waals surface area contributed by atoms with Crippen LogP contribution in [0.15, 0.2) is 72.8 Å². The van der Waals surface area contributed by atoms with Crippen LogP contribution in [-0.4, -0.2) is 15.7 Å². The Morgan fingerprint density at radius 1 is 0.405 bits per heavy atom. The second kappa shape index (κ2) is 14.3. The third kappa shape index (κ3) is 7.77. The maximum absolute atomic E-state index is 12.2. The van der Waals surface area contributed by atoms with Crippen molar-refractivity contribution in [2.24, 2.45) is 0 Å². The lowest BCUT2D eigenvalue weighted by Crippen LogP contribution is -1.97. The summed E-state index contributed by atoms with van der Waals surface area (Å²) in [4.78, 5) is 36.7. The van der Waals surface area contributed by atoms with Crippen LogP contribution in [0.25, 0.3) is 33.4 Å². The molecular weight excluding hydrogens is 587 g/mol. The fourth-order valence-corrected chi connectivity index (χ4v) is 5.67. The molecule has 0 atom stereocenters. The van der Waals surface area contributed by atoms with E-state index in [9.17, 15) is 14.4 Å². The molecule has 42 heavy (non-hydrogen) atoms. The van der Waals surface area contributed by atoms with Crippen LogP contribution in [0, 0.1) is 0 Å². The van der Waals surface area contributed by atoms with Crippen LogP contribution >= 0.6 is 34.8 Å². The summed E-state index contributed by atoms with van der Waals surface area (Å²) in [6, 6.07) is 23.3. The van der Waals surface area contributed by atoms with Crippen LogP contribution in [0.4, 0.5) is 0 Å². The highest BCUT2D eigenvalue weighted by Gasteiger charge is 2.15. The Hall–Kier alpha value is -3.24. The van der Waals surface area contributed by atoms with Gasteiger partial charge in [-0.3, -0.25) is 14.4 Å². The van der Waals surface area contributed by atoms with Crippen molar-refractivity contribution in [1.29, 1.82) is 0 Å². The largest absolute Gasteiger partial charge is 0.276 e. The normalized spacial score (nSPS) is 11.0. The quantitative estimate of drug-likeness (QED) is 0.148. The first-order valence-electron chi connectivity index (χ1n) is 14.3. The molecule has 4 rings (SSSR count). The van der Waals surface area contributed by atoms with Gasteiger partial charge in [-0.2, -0.15) is 0 Å². The smallest absolute Gasteiger partial charge is 0.252 e. The molecule has 0 saturated carbocycles. The molecule has 0 amide bonds. The predicted octanol–water partition coefficient (Wildman–Crippen LogP) is 10.7. The summed E-state index contributed by atoms with van der Waals surface area (Å²) >= 11 is 17.8. The highest BCUT2D eigenvalue weighted by Crippen LogP contribution is 2.36. The molecule has 0 unspecified atom stereocenters. The third-order valence-corrected chi connectivity index (χ3v) is 7.86. The Morgan fingerprint density at radius 2 is 0.643 bits per heavy atom. The van der Waals surface area contributed by atoms with Crippen LogP contribution in [-0.2, 0) is 19.3 Å². The molecule has 0 fully saturated rings. The van der Waals surface area contributed by atoms with E-state index in [0.29, 0.717) is 16.7 Å². The maximum Gasteiger partial charge on any atom is 0.252 e. The minimum absolute atomic E-state index is 0.435. The fraction of sp³-hybridized carbons (Fsp3) is 0.250. The number of carbonyl (C=O) groups excluding carboxylic acids is 3. The molecule has 0 aromatic heterocycles. The van der Waals surface area contributed by atoms with Gasteiger partial charge in [0, 0.05) is 16.7 Å². The molecule has 0 spiro atoms. The monoisotopic (exact) mass is 618 g/mol. The molecule has 3 nitrogen and oxygen atoms in total. The number of hydrogen-bond acceptors (Lipinski definition) is 3. The van der Waals surface area contributed by atoms with Gasteiger partial charge in [-0.05, 0) is 159 Å². The topological polar surface area (TPSA) is 51.2 Å². The molecule has 4 aromatic rings. The standard InChI is InChI=1S/C36H33Cl3O3/c1-4-7-22-10-25(19-31(13-22)34(37)40)28-16-29(26-11-23(8-5-2)14-32(20-26)35(38)41)18-30(17-28)27-12-24(9-6-3)15-33(21-27)36(39)42/h10-21H,4-9H2,1-3H3. The Bertz CT molecular complexity index is 1450. The van der Waals surface area contributed by atoms with Crippen LogP contribution < -0.4 is 0 Å². The molecule has 0 bridgehead atoms. The van der Waals surface area contributed by atoms with Crippen molar-refractivity contribution < 1.29 is 14.4 Å². The van der Waals surface area contributed by atoms with Gasteiger partial charge < -0.3 is 0 Å². The summed E-state index contributed by atoms with van der Waals surface area (Å²) in [5.74, 6) is 0. The third-order valence-electron chi connectivity index (χ3n) is 7.21. The number of benzene rings is 4. The zero-order chi connectivity index (χ0) is 30.4. The lowest BCUT2D eigenvalue weighted by molar-refractivity contribution is 0.107. The van der Waals surface area contributed by atoms with Gasteiger partial charge in [-0.15, -0.1) is 0 Å². The van der Waals surface area contributed by atoms with E-state index >= 15 is 0 Å². The first kappa shape index (κ1) is 31.7. The Labute approximate surface area is 262 Å². The molecule has 4 aromatic carbocycles. The Kier molecular flexibility index (Phi) is 10.8. The zero-order valence-corrected chi connectivity index (χ0v) is 26.3. The minimum atomic E-state index is -0.513. The number of rotatable bonds is 12. The molecule has 0 N–H and O–H groups in total. The molecular formula is C36H33Cl3O3. The second-order valence-electron chi connectivity index (χ2n) is 10.6. The van der Waals surface area contributed by atoms with Gasteiger partial charge in [-0.25, -0.2) is 0 Å². The van der Waals surface area contributed by atoms with Crippen LogP contribution in [0.3, 0.4) is 0 Å². The van der Waals surface area contributed by atoms with Crippen LogP contribution in [0.5, 0.6) is 0 Å². The van der Waals surface area contributed by atoms with E-state index in [1.165, 1.54) is 0 Å². The summed E-state index contributed by atoms with van der Waals surface area (Å²) in [7, 11) is 0. The number of hydrogen-bond donors (Lipinski definition) is 0. The van der Waals surface area contributed by atoms with Crippen molar-refractivity contribution >= 4 is 50.5 Å². The minimum Gasteiger partial charge on any atom is -0.276 e. The van der Waals surface area contributed by atoms with Crippen molar-refractivity contribution in [3.8, 4) is 33.4 Å². The summed E-state index contributed by atoms with van der Waals surface area (Å²) in [6.45, 7) is 6.27. The van der Waals surface area contributed by atoms with Gasteiger partial charge >= 0.3 is 0 Å². The predicted molar refractivity (Wildman–Crippen MR) is 175 cm³/mol. The van der Waals surface area contributed by atoms with Gasteiger partial charge in [0.25, 0.3) is 15.7 Å².